The maximum atomic E-state index is 12.7. The predicted octanol–water partition coefficient (Wildman–Crippen LogP) is 3.02. The molecule has 4 aromatic rings. The zero-order valence-electron chi connectivity index (χ0n) is 18.3. The second-order valence-corrected chi connectivity index (χ2v) is 9.24. The van der Waals surface area contributed by atoms with Crippen molar-refractivity contribution in [2.45, 2.75) is 32.4 Å². The van der Waals surface area contributed by atoms with Crippen LogP contribution in [-0.2, 0) is 0 Å². The van der Waals surface area contributed by atoms with Crippen LogP contribution in [0.15, 0.2) is 42.9 Å². The standard InChI is InChI=1S/C22H24N8O2S/c1-13(2)25-18-10-19(26-14-4-8-30-15(9-14)3-6-24-30)23-11-17(18)20-27-28-21(33-20)22(32)29-7-5-16(31)12-29/h3-4,6,8-11,13,16,31H,5,7,12H2,1-2H3,(H2,23,25,26). The fourth-order valence-electron chi connectivity index (χ4n) is 3.75. The molecule has 3 N–H and O–H groups in total. The summed E-state index contributed by atoms with van der Waals surface area (Å²) < 4.78 is 1.80. The number of fused-ring (bicyclic) bond motifs is 1. The summed E-state index contributed by atoms with van der Waals surface area (Å²) in [6, 6.07) is 7.97. The summed E-state index contributed by atoms with van der Waals surface area (Å²) >= 11 is 1.23. The molecule has 1 unspecified atom stereocenters. The first kappa shape index (κ1) is 21.3. The molecule has 1 fully saturated rings. The second-order valence-electron chi connectivity index (χ2n) is 8.26. The van der Waals surface area contributed by atoms with E-state index in [4.69, 9.17) is 0 Å². The number of aliphatic hydroxyl groups excluding tert-OH is 1. The molecular weight excluding hydrogens is 440 g/mol. The van der Waals surface area contributed by atoms with Crippen molar-refractivity contribution >= 4 is 40.0 Å². The molecule has 1 aliphatic rings. The average Bonchev–Trinajstić information content (AvgIpc) is 3.53. The molecule has 1 atom stereocenters. The molecular formula is C22H24N8O2S. The number of β-amino-alcohol motifs (C(OH)–C–C–N with tert-alkyl or cyclic N) is 1. The first-order chi connectivity index (χ1) is 16.0. The largest absolute Gasteiger partial charge is 0.391 e. The van der Waals surface area contributed by atoms with Gasteiger partial charge in [-0.05, 0) is 38.5 Å². The van der Waals surface area contributed by atoms with Gasteiger partial charge in [-0.2, -0.15) is 5.10 Å². The van der Waals surface area contributed by atoms with E-state index in [1.807, 2.05) is 30.5 Å². The van der Waals surface area contributed by atoms with E-state index in [2.05, 4.69) is 44.8 Å². The molecule has 33 heavy (non-hydrogen) atoms. The maximum absolute atomic E-state index is 12.7. The Morgan fingerprint density at radius 2 is 2.15 bits per heavy atom. The number of nitrogens with one attached hydrogen (secondary N) is 2. The Labute approximate surface area is 194 Å². The predicted molar refractivity (Wildman–Crippen MR) is 127 cm³/mol. The fraction of sp³-hybridized carbons (Fsp3) is 0.318. The number of pyridine rings is 2. The lowest BCUT2D eigenvalue weighted by atomic mass is 10.2. The van der Waals surface area contributed by atoms with E-state index in [0.717, 1.165) is 22.5 Å². The Bertz CT molecular complexity index is 1300. The Morgan fingerprint density at radius 3 is 2.94 bits per heavy atom. The maximum Gasteiger partial charge on any atom is 0.284 e. The zero-order chi connectivity index (χ0) is 22.9. The van der Waals surface area contributed by atoms with Gasteiger partial charge in [-0.1, -0.05) is 11.3 Å². The topological polar surface area (TPSA) is 121 Å². The molecule has 4 aromatic heterocycles. The van der Waals surface area contributed by atoms with E-state index in [9.17, 15) is 9.90 Å². The quantitative estimate of drug-likeness (QED) is 0.398. The third-order valence-corrected chi connectivity index (χ3v) is 6.25. The lowest BCUT2D eigenvalue weighted by Crippen LogP contribution is -2.29. The van der Waals surface area contributed by atoms with Gasteiger partial charge >= 0.3 is 0 Å². The molecule has 0 aromatic carbocycles. The van der Waals surface area contributed by atoms with Gasteiger partial charge in [0.25, 0.3) is 5.91 Å². The fourth-order valence-corrected chi connectivity index (χ4v) is 4.59. The molecule has 0 spiro atoms. The van der Waals surface area contributed by atoms with Crippen LogP contribution in [0.5, 0.6) is 0 Å². The third kappa shape index (κ3) is 4.50. The van der Waals surface area contributed by atoms with Crippen LogP contribution in [-0.4, -0.2) is 65.9 Å². The summed E-state index contributed by atoms with van der Waals surface area (Å²) in [4.78, 5) is 18.9. The van der Waals surface area contributed by atoms with Crippen molar-refractivity contribution in [3.05, 3.63) is 47.9 Å². The van der Waals surface area contributed by atoms with Crippen LogP contribution < -0.4 is 10.6 Å². The molecule has 1 saturated heterocycles. The van der Waals surface area contributed by atoms with E-state index in [1.54, 1.807) is 21.8 Å². The van der Waals surface area contributed by atoms with Gasteiger partial charge in [-0.15, -0.1) is 10.2 Å². The minimum absolute atomic E-state index is 0.183. The molecule has 5 heterocycles. The molecule has 0 bridgehead atoms. The van der Waals surface area contributed by atoms with Crippen LogP contribution >= 0.6 is 11.3 Å². The number of carbonyl (C=O) groups excluding carboxylic acids is 1. The summed E-state index contributed by atoms with van der Waals surface area (Å²) in [6.45, 7) is 4.97. The van der Waals surface area contributed by atoms with E-state index < -0.39 is 6.10 Å². The number of carbonyl (C=O) groups is 1. The van der Waals surface area contributed by atoms with Gasteiger partial charge < -0.3 is 20.6 Å². The number of aliphatic hydroxyl groups is 1. The number of anilines is 3. The first-order valence-electron chi connectivity index (χ1n) is 10.7. The second kappa shape index (κ2) is 8.75. The number of aromatic nitrogens is 5. The summed E-state index contributed by atoms with van der Waals surface area (Å²) in [5, 5.41) is 30.0. The van der Waals surface area contributed by atoms with Crippen molar-refractivity contribution in [2.24, 2.45) is 0 Å². The highest BCUT2D eigenvalue weighted by Gasteiger charge is 2.28. The van der Waals surface area contributed by atoms with Crippen molar-refractivity contribution in [1.29, 1.82) is 0 Å². The molecule has 1 amide bonds. The highest BCUT2D eigenvalue weighted by atomic mass is 32.1. The van der Waals surface area contributed by atoms with Gasteiger partial charge in [0, 0.05) is 55.2 Å². The number of amides is 1. The van der Waals surface area contributed by atoms with Gasteiger partial charge in [0.15, 0.2) is 5.01 Å². The normalized spacial score (nSPS) is 16.0. The summed E-state index contributed by atoms with van der Waals surface area (Å²) in [6.07, 6.45) is 5.50. The number of hydrogen-bond acceptors (Lipinski definition) is 9. The zero-order valence-corrected chi connectivity index (χ0v) is 19.1. The smallest absolute Gasteiger partial charge is 0.284 e. The molecule has 170 valence electrons. The molecule has 0 aliphatic carbocycles. The highest BCUT2D eigenvalue weighted by molar-refractivity contribution is 7.16. The van der Waals surface area contributed by atoms with E-state index in [-0.39, 0.29) is 11.9 Å². The van der Waals surface area contributed by atoms with Crippen molar-refractivity contribution in [1.82, 2.24) is 29.7 Å². The Morgan fingerprint density at radius 1 is 1.27 bits per heavy atom. The Balaban J connectivity index is 1.41. The number of nitrogens with zero attached hydrogens (tertiary/aromatic N) is 6. The van der Waals surface area contributed by atoms with E-state index in [1.165, 1.54) is 11.3 Å². The lowest BCUT2D eigenvalue weighted by molar-refractivity contribution is 0.0763. The molecule has 1 aliphatic heterocycles. The minimum Gasteiger partial charge on any atom is -0.391 e. The highest BCUT2D eigenvalue weighted by Crippen LogP contribution is 2.33. The van der Waals surface area contributed by atoms with Crippen LogP contribution in [0.1, 0.15) is 30.1 Å². The van der Waals surface area contributed by atoms with Gasteiger partial charge in [-0.25, -0.2) is 9.50 Å². The van der Waals surface area contributed by atoms with Crippen LogP contribution in [0.2, 0.25) is 0 Å². The number of hydrogen-bond donors (Lipinski definition) is 3. The SMILES string of the molecule is CC(C)Nc1cc(Nc2ccn3nccc3c2)ncc1-c1nnc(C(=O)N2CCC(O)C2)s1. The average molecular weight is 465 g/mol. The number of rotatable bonds is 6. The molecule has 10 nitrogen and oxygen atoms in total. The lowest BCUT2D eigenvalue weighted by Gasteiger charge is -2.15. The van der Waals surface area contributed by atoms with Crippen LogP contribution in [0.3, 0.4) is 0 Å². The van der Waals surface area contributed by atoms with Crippen molar-refractivity contribution in [2.75, 3.05) is 23.7 Å². The van der Waals surface area contributed by atoms with Gasteiger partial charge in [0.05, 0.1) is 17.2 Å². The van der Waals surface area contributed by atoms with Crippen LogP contribution in [0.4, 0.5) is 17.2 Å². The van der Waals surface area contributed by atoms with Gasteiger partial charge in [0.1, 0.15) is 5.82 Å². The van der Waals surface area contributed by atoms with Crippen LogP contribution in [0, 0.1) is 0 Å². The van der Waals surface area contributed by atoms with Crippen molar-refractivity contribution in [3.63, 3.8) is 0 Å². The summed E-state index contributed by atoms with van der Waals surface area (Å²) in [5.41, 5.74) is 3.50. The minimum atomic E-state index is -0.470. The molecule has 0 radical (unpaired) electrons. The number of likely N-dealkylation sites (tertiary alicyclic amines) is 1. The third-order valence-electron chi connectivity index (χ3n) is 5.31. The van der Waals surface area contributed by atoms with Gasteiger partial charge in [-0.3, -0.25) is 4.79 Å². The van der Waals surface area contributed by atoms with Gasteiger partial charge in [0.2, 0.25) is 5.01 Å². The van der Waals surface area contributed by atoms with Crippen LogP contribution in [0.25, 0.3) is 16.1 Å². The van der Waals surface area contributed by atoms with E-state index >= 15 is 0 Å². The summed E-state index contributed by atoms with van der Waals surface area (Å²) in [5.74, 6) is 0.479. The molecule has 5 rings (SSSR count). The van der Waals surface area contributed by atoms with E-state index in [0.29, 0.717) is 35.3 Å². The molecule has 0 saturated carbocycles. The first-order valence-corrected chi connectivity index (χ1v) is 11.6. The summed E-state index contributed by atoms with van der Waals surface area (Å²) in [7, 11) is 0. The molecule has 11 heteroatoms. The Hall–Kier alpha value is -3.57. The Kier molecular flexibility index (Phi) is 5.65. The van der Waals surface area contributed by atoms with Crippen molar-refractivity contribution in [3.8, 4) is 10.6 Å². The van der Waals surface area contributed by atoms with Crippen molar-refractivity contribution < 1.29 is 9.90 Å². The monoisotopic (exact) mass is 464 g/mol.